The number of carboxylic acid groups (broad SMARTS) is 1. The molecule has 120 valence electrons. The maximum Gasteiger partial charge on any atom is 0.339 e. The molecule has 23 heavy (non-hydrogen) atoms. The summed E-state index contributed by atoms with van der Waals surface area (Å²) in [6.45, 7) is 0. The van der Waals surface area contributed by atoms with Crippen molar-refractivity contribution in [2.24, 2.45) is 0 Å². The fourth-order valence-corrected chi connectivity index (χ4v) is 2.70. The molecule has 2 aromatic rings. The monoisotopic (exact) mass is 316 g/mol. The van der Waals surface area contributed by atoms with E-state index >= 15 is 0 Å². The molecule has 0 radical (unpaired) electrons. The third-order valence-corrected chi connectivity index (χ3v) is 3.86. The Bertz CT molecular complexity index is 766. The van der Waals surface area contributed by atoms with Crippen LogP contribution in [0.15, 0.2) is 22.7 Å². The third kappa shape index (κ3) is 2.90. The van der Waals surface area contributed by atoms with Crippen LogP contribution in [-0.2, 0) is 12.8 Å². The largest absolute Gasteiger partial charge is 0.496 e. The second kappa shape index (κ2) is 6.12. The number of ether oxygens (including phenoxy) is 1. The fourth-order valence-electron chi connectivity index (χ4n) is 2.70. The quantitative estimate of drug-likeness (QED) is 0.898. The first kappa shape index (κ1) is 15.1. The van der Waals surface area contributed by atoms with Crippen LogP contribution < -0.4 is 10.1 Å². The van der Waals surface area contributed by atoms with E-state index in [-0.39, 0.29) is 17.2 Å². The highest BCUT2D eigenvalue weighted by Crippen LogP contribution is 2.26. The molecule has 2 N–H and O–H groups in total. The standard InChI is InChI=1S/C16H16N2O5/c1-22-13-8-9(6-7-11(13)16(20)21)17-15(19)14-10-4-2-3-5-12(10)23-18-14/h6-8H,2-5H2,1H3,(H,17,19)(H,20,21). The first-order valence-corrected chi connectivity index (χ1v) is 7.30. The van der Waals surface area contributed by atoms with Crippen LogP contribution in [0.2, 0.25) is 0 Å². The van der Waals surface area contributed by atoms with Gasteiger partial charge in [-0.2, -0.15) is 0 Å². The topological polar surface area (TPSA) is 102 Å². The van der Waals surface area contributed by atoms with Crippen LogP contribution in [0.5, 0.6) is 5.75 Å². The summed E-state index contributed by atoms with van der Waals surface area (Å²) in [5, 5.41) is 15.6. The Balaban J connectivity index is 1.83. The average Bonchev–Trinajstić information content (AvgIpc) is 2.98. The lowest BCUT2D eigenvalue weighted by molar-refractivity contribution is 0.0693. The van der Waals surface area contributed by atoms with Crippen molar-refractivity contribution in [2.75, 3.05) is 12.4 Å². The van der Waals surface area contributed by atoms with Gasteiger partial charge in [-0.05, 0) is 31.4 Å². The zero-order chi connectivity index (χ0) is 16.4. The lowest BCUT2D eigenvalue weighted by Gasteiger charge is -2.10. The van der Waals surface area contributed by atoms with Crippen LogP contribution >= 0.6 is 0 Å². The van der Waals surface area contributed by atoms with Crippen LogP contribution in [0.3, 0.4) is 0 Å². The molecule has 1 aromatic heterocycles. The van der Waals surface area contributed by atoms with Gasteiger partial charge in [-0.15, -0.1) is 0 Å². The minimum Gasteiger partial charge on any atom is -0.496 e. The molecule has 1 amide bonds. The third-order valence-electron chi connectivity index (χ3n) is 3.86. The zero-order valence-corrected chi connectivity index (χ0v) is 12.6. The number of nitrogens with zero attached hydrogens (tertiary/aromatic N) is 1. The number of fused-ring (bicyclic) bond motifs is 1. The summed E-state index contributed by atoms with van der Waals surface area (Å²) in [7, 11) is 1.38. The number of aromatic nitrogens is 1. The van der Waals surface area contributed by atoms with E-state index in [0.29, 0.717) is 11.4 Å². The summed E-state index contributed by atoms with van der Waals surface area (Å²) in [5.41, 5.74) is 1.62. The van der Waals surface area contributed by atoms with E-state index in [0.717, 1.165) is 37.0 Å². The number of anilines is 1. The summed E-state index contributed by atoms with van der Waals surface area (Å²) in [6.07, 6.45) is 3.63. The van der Waals surface area contributed by atoms with E-state index in [1.165, 1.54) is 25.3 Å². The smallest absolute Gasteiger partial charge is 0.339 e. The van der Waals surface area contributed by atoms with Gasteiger partial charge in [0.1, 0.15) is 17.1 Å². The molecule has 7 nitrogen and oxygen atoms in total. The summed E-state index contributed by atoms with van der Waals surface area (Å²) >= 11 is 0. The van der Waals surface area contributed by atoms with Crippen molar-refractivity contribution < 1.29 is 24.0 Å². The minimum absolute atomic E-state index is 0.0318. The van der Waals surface area contributed by atoms with Crippen molar-refractivity contribution in [3.05, 3.63) is 40.8 Å². The minimum atomic E-state index is -1.09. The molecule has 3 rings (SSSR count). The molecular formula is C16H16N2O5. The molecule has 0 atom stereocenters. The SMILES string of the molecule is COc1cc(NC(=O)c2noc3c2CCCC3)ccc1C(=O)O. The molecule has 0 saturated carbocycles. The Morgan fingerprint density at radius 1 is 1.30 bits per heavy atom. The second-order valence-electron chi connectivity index (χ2n) is 5.31. The Morgan fingerprint density at radius 2 is 2.09 bits per heavy atom. The van der Waals surface area contributed by atoms with Crippen molar-refractivity contribution in [3.63, 3.8) is 0 Å². The number of hydrogen-bond donors (Lipinski definition) is 2. The first-order valence-electron chi connectivity index (χ1n) is 7.30. The highest BCUT2D eigenvalue weighted by molar-refractivity contribution is 6.04. The molecule has 0 unspecified atom stereocenters. The maximum absolute atomic E-state index is 12.4. The Labute approximate surface area is 132 Å². The van der Waals surface area contributed by atoms with E-state index in [4.69, 9.17) is 14.4 Å². The number of carbonyl (C=O) groups excluding carboxylic acids is 1. The van der Waals surface area contributed by atoms with Crippen molar-refractivity contribution >= 4 is 17.6 Å². The number of aromatic carboxylic acids is 1. The Hall–Kier alpha value is -2.83. The van der Waals surface area contributed by atoms with Gasteiger partial charge >= 0.3 is 5.97 Å². The number of hydrogen-bond acceptors (Lipinski definition) is 5. The fraction of sp³-hybridized carbons (Fsp3) is 0.312. The predicted molar refractivity (Wildman–Crippen MR) is 81.1 cm³/mol. The molecule has 0 aliphatic heterocycles. The number of amides is 1. The van der Waals surface area contributed by atoms with Gasteiger partial charge in [-0.25, -0.2) is 4.79 Å². The van der Waals surface area contributed by atoms with Crippen molar-refractivity contribution in [2.45, 2.75) is 25.7 Å². The van der Waals surface area contributed by atoms with Gasteiger partial charge < -0.3 is 19.7 Å². The average molecular weight is 316 g/mol. The number of benzene rings is 1. The lowest BCUT2D eigenvalue weighted by atomic mass is 9.96. The molecule has 1 aromatic carbocycles. The van der Waals surface area contributed by atoms with Crippen LogP contribution in [0.1, 0.15) is 45.0 Å². The molecule has 1 heterocycles. The van der Waals surface area contributed by atoms with E-state index in [1.807, 2.05) is 0 Å². The molecule has 0 bridgehead atoms. The highest BCUT2D eigenvalue weighted by atomic mass is 16.5. The zero-order valence-electron chi connectivity index (χ0n) is 12.6. The molecule has 1 aliphatic carbocycles. The van der Waals surface area contributed by atoms with Gasteiger partial charge in [0, 0.05) is 23.7 Å². The predicted octanol–water partition coefficient (Wildman–Crippen LogP) is 2.51. The summed E-state index contributed by atoms with van der Waals surface area (Å²) in [6, 6.07) is 4.36. The van der Waals surface area contributed by atoms with Gasteiger partial charge in [0.25, 0.3) is 5.91 Å². The number of nitrogens with one attached hydrogen (secondary N) is 1. The number of rotatable bonds is 4. The van der Waals surface area contributed by atoms with Crippen molar-refractivity contribution in [3.8, 4) is 5.75 Å². The van der Waals surface area contributed by atoms with Gasteiger partial charge in [0.05, 0.1) is 7.11 Å². The van der Waals surface area contributed by atoms with Gasteiger partial charge in [-0.3, -0.25) is 4.79 Å². The summed E-state index contributed by atoms with van der Waals surface area (Å²) < 4.78 is 10.3. The molecule has 1 aliphatic rings. The second-order valence-corrected chi connectivity index (χ2v) is 5.31. The van der Waals surface area contributed by atoms with Crippen molar-refractivity contribution in [1.82, 2.24) is 5.16 Å². The summed E-state index contributed by atoms with van der Waals surface area (Å²) in [5.74, 6) is -0.509. The van der Waals surface area contributed by atoms with Gasteiger partial charge in [0.15, 0.2) is 5.69 Å². The van der Waals surface area contributed by atoms with E-state index in [2.05, 4.69) is 10.5 Å². The molecular weight excluding hydrogens is 300 g/mol. The first-order chi connectivity index (χ1) is 11.1. The summed E-state index contributed by atoms with van der Waals surface area (Å²) in [4.78, 5) is 23.4. The van der Waals surface area contributed by atoms with Crippen LogP contribution in [-0.4, -0.2) is 29.2 Å². The number of carboxylic acids is 1. The highest BCUT2D eigenvalue weighted by Gasteiger charge is 2.24. The molecule has 7 heteroatoms. The number of methoxy groups -OCH3 is 1. The van der Waals surface area contributed by atoms with Gasteiger partial charge in [0.2, 0.25) is 0 Å². The molecule has 0 saturated heterocycles. The van der Waals surface area contributed by atoms with Crippen LogP contribution in [0.25, 0.3) is 0 Å². The lowest BCUT2D eigenvalue weighted by Crippen LogP contribution is -2.16. The number of carbonyl (C=O) groups is 2. The molecule has 0 fully saturated rings. The molecule has 0 spiro atoms. The van der Waals surface area contributed by atoms with Crippen LogP contribution in [0, 0.1) is 0 Å². The van der Waals surface area contributed by atoms with Crippen LogP contribution in [0.4, 0.5) is 5.69 Å². The normalized spacial score (nSPS) is 13.3. The Kier molecular flexibility index (Phi) is 4.01. The maximum atomic E-state index is 12.4. The van der Waals surface area contributed by atoms with E-state index in [1.54, 1.807) is 0 Å². The Morgan fingerprint density at radius 3 is 2.83 bits per heavy atom. The number of aryl methyl sites for hydroxylation is 1. The van der Waals surface area contributed by atoms with Crippen molar-refractivity contribution in [1.29, 1.82) is 0 Å². The van der Waals surface area contributed by atoms with Gasteiger partial charge in [-0.1, -0.05) is 5.16 Å². The van der Waals surface area contributed by atoms with E-state index < -0.39 is 5.97 Å². The van der Waals surface area contributed by atoms with E-state index in [9.17, 15) is 9.59 Å².